The van der Waals surface area contributed by atoms with E-state index < -0.39 is 6.04 Å². The van der Waals surface area contributed by atoms with Crippen LogP contribution in [0.1, 0.15) is 24.4 Å². The molecule has 7 heteroatoms. The van der Waals surface area contributed by atoms with Gasteiger partial charge in [0.25, 0.3) is 0 Å². The summed E-state index contributed by atoms with van der Waals surface area (Å²) in [5, 5.41) is 15.9. The van der Waals surface area contributed by atoms with Crippen molar-refractivity contribution >= 4 is 39.7 Å². The Morgan fingerprint density at radius 3 is 2.86 bits per heavy atom. The second-order valence-corrected chi connectivity index (χ2v) is 6.17. The number of carbonyl (C=O) groups excluding carboxylic acids is 1. The number of rotatable bonds is 5. The van der Waals surface area contributed by atoms with Crippen molar-refractivity contribution in [2.75, 3.05) is 10.6 Å². The Labute approximate surface area is 132 Å². The number of nitrogens with zero attached hydrogens (tertiary/aromatic N) is 2. The Morgan fingerprint density at radius 2 is 2.19 bits per heavy atom. The van der Waals surface area contributed by atoms with E-state index in [9.17, 15) is 4.79 Å². The van der Waals surface area contributed by atoms with Crippen molar-refractivity contribution in [3.63, 3.8) is 0 Å². The summed E-state index contributed by atoms with van der Waals surface area (Å²) in [6.45, 7) is 5.75. The van der Waals surface area contributed by atoms with Crippen LogP contribution in [0.25, 0.3) is 0 Å². The molecule has 1 heterocycles. The van der Waals surface area contributed by atoms with E-state index in [1.54, 1.807) is 13.0 Å². The molecule has 0 unspecified atom stereocenters. The zero-order valence-electron chi connectivity index (χ0n) is 12.1. The lowest BCUT2D eigenvalue weighted by Crippen LogP contribution is -2.32. The number of benzene rings is 1. The third kappa shape index (κ3) is 4.15. The Bertz CT molecular complexity index is 644. The van der Waals surface area contributed by atoms with E-state index in [1.165, 1.54) is 11.3 Å². The molecule has 1 aromatic carbocycles. The summed E-state index contributed by atoms with van der Waals surface area (Å²) < 4.78 is 0. The van der Waals surface area contributed by atoms with Crippen LogP contribution in [0.15, 0.2) is 18.2 Å². The molecule has 5 nitrogen and oxygen atoms in total. The van der Waals surface area contributed by atoms with Gasteiger partial charge in [0.05, 0.1) is 0 Å². The van der Waals surface area contributed by atoms with Gasteiger partial charge in [-0.3, -0.25) is 10.1 Å². The number of hydrogen-bond donors (Lipinski definition) is 2. The fourth-order valence-corrected chi connectivity index (χ4v) is 2.56. The highest BCUT2D eigenvalue weighted by molar-refractivity contribution is 7.15. The first kappa shape index (κ1) is 15.7. The standard InChI is InChI=1S/C14H17ClN4OS/c1-4-12-18-19-14(21-12)17-13(20)9(3)16-11-7-10(15)6-5-8(11)2/h5-7,9,16H,4H2,1-3H3,(H,17,19,20)/t9-/m0/s1. The van der Waals surface area contributed by atoms with Gasteiger partial charge in [0.15, 0.2) is 0 Å². The Hall–Kier alpha value is -1.66. The normalized spacial score (nSPS) is 12.0. The number of amides is 1. The monoisotopic (exact) mass is 324 g/mol. The van der Waals surface area contributed by atoms with Gasteiger partial charge < -0.3 is 5.32 Å². The van der Waals surface area contributed by atoms with Crippen LogP contribution in [0.3, 0.4) is 0 Å². The SMILES string of the molecule is CCc1nnc(NC(=O)[C@H](C)Nc2cc(Cl)ccc2C)s1. The third-order valence-electron chi connectivity index (χ3n) is 2.96. The highest BCUT2D eigenvalue weighted by Gasteiger charge is 2.15. The number of halogens is 1. The fraction of sp³-hybridized carbons (Fsp3) is 0.357. The van der Waals surface area contributed by atoms with Crippen molar-refractivity contribution in [2.45, 2.75) is 33.2 Å². The molecule has 0 aliphatic heterocycles. The molecule has 0 aliphatic carbocycles. The van der Waals surface area contributed by atoms with Crippen LogP contribution < -0.4 is 10.6 Å². The molecular formula is C14H17ClN4OS. The summed E-state index contributed by atoms with van der Waals surface area (Å²) in [7, 11) is 0. The van der Waals surface area contributed by atoms with Gasteiger partial charge >= 0.3 is 0 Å². The first-order valence-corrected chi connectivity index (χ1v) is 7.85. The van der Waals surface area contributed by atoms with Gasteiger partial charge in [-0.2, -0.15) is 0 Å². The number of aryl methyl sites for hydroxylation is 2. The maximum Gasteiger partial charge on any atom is 0.248 e. The molecule has 2 rings (SSSR count). The molecule has 0 bridgehead atoms. The van der Waals surface area contributed by atoms with Crippen molar-refractivity contribution in [2.24, 2.45) is 0 Å². The molecule has 112 valence electrons. The highest BCUT2D eigenvalue weighted by Crippen LogP contribution is 2.21. The average Bonchev–Trinajstić information content (AvgIpc) is 2.90. The number of hydrogen-bond acceptors (Lipinski definition) is 5. The van der Waals surface area contributed by atoms with Gasteiger partial charge in [-0.15, -0.1) is 10.2 Å². The van der Waals surface area contributed by atoms with Gasteiger partial charge in [0.2, 0.25) is 11.0 Å². The smallest absolute Gasteiger partial charge is 0.248 e. The number of carbonyl (C=O) groups is 1. The lowest BCUT2D eigenvalue weighted by atomic mass is 10.2. The predicted molar refractivity (Wildman–Crippen MR) is 87.2 cm³/mol. The molecule has 0 radical (unpaired) electrons. The van der Waals surface area contributed by atoms with E-state index in [1.807, 2.05) is 26.0 Å². The van der Waals surface area contributed by atoms with Crippen molar-refractivity contribution in [3.8, 4) is 0 Å². The molecule has 0 saturated carbocycles. The summed E-state index contributed by atoms with van der Waals surface area (Å²) >= 11 is 7.36. The van der Waals surface area contributed by atoms with E-state index in [0.29, 0.717) is 10.2 Å². The molecule has 2 N–H and O–H groups in total. The van der Waals surface area contributed by atoms with E-state index in [2.05, 4.69) is 20.8 Å². The molecule has 2 aromatic rings. The molecular weight excluding hydrogens is 308 g/mol. The van der Waals surface area contributed by atoms with Gasteiger partial charge in [0.1, 0.15) is 11.0 Å². The second-order valence-electron chi connectivity index (χ2n) is 4.67. The minimum atomic E-state index is -0.406. The van der Waals surface area contributed by atoms with Crippen molar-refractivity contribution in [1.29, 1.82) is 0 Å². The second kappa shape index (κ2) is 6.87. The number of anilines is 2. The lowest BCUT2D eigenvalue weighted by Gasteiger charge is -2.16. The molecule has 1 atom stereocenters. The molecule has 0 fully saturated rings. The van der Waals surface area contributed by atoms with E-state index in [0.717, 1.165) is 22.7 Å². The van der Waals surface area contributed by atoms with E-state index >= 15 is 0 Å². The predicted octanol–water partition coefficient (Wildman–Crippen LogP) is 3.50. The summed E-state index contributed by atoms with van der Waals surface area (Å²) in [5.41, 5.74) is 1.87. The molecule has 0 aliphatic rings. The van der Waals surface area contributed by atoms with Crippen LogP contribution in [0.5, 0.6) is 0 Å². The Balaban J connectivity index is 2.00. The average molecular weight is 325 g/mol. The van der Waals surface area contributed by atoms with E-state index in [-0.39, 0.29) is 5.91 Å². The molecule has 0 spiro atoms. The first-order chi connectivity index (χ1) is 9.99. The van der Waals surface area contributed by atoms with Gasteiger partial charge in [0, 0.05) is 10.7 Å². The summed E-state index contributed by atoms with van der Waals surface area (Å²) in [6, 6.07) is 5.13. The minimum Gasteiger partial charge on any atom is -0.374 e. The highest BCUT2D eigenvalue weighted by atomic mass is 35.5. The zero-order chi connectivity index (χ0) is 15.4. The molecule has 21 heavy (non-hydrogen) atoms. The zero-order valence-corrected chi connectivity index (χ0v) is 13.7. The summed E-state index contributed by atoms with van der Waals surface area (Å²) in [4.78, 5) is 12.1. The lowest BCUT2D eigenvalue weighted by molar-refractivity contribution is -0.116. The number of aromatic nitrogens is 2. The molecule has 1 aromatic heterocycles. The van der Waals surface area contributed by atoms with Crippen LogP contribution in [0, 0.1) is 6.92 Å². The first-order valence-electron chi connectivity index (χ1n) is 6.65. The van der Waals surface area contributed by atoms with Crippen LogP contribution in [-0.2, 0) is 11.2 Å². The van der Waals surface area contributed by atoms with Gasteiger partial charge in [-0.1, -0.05) is 35.9 Å². The maximum absolute atomic E-state index is 12.1. The quantitative estimate of drug-likeness (QED) is 0.883. The largest absolute Gasteiger partial charge is 0.374 e. The Morgan fingerprint density at radius 1 is 1.43 bits per heavy atom. The fourth-order valence-electron chi connectivity index (χ4n) is 1.71. The van der Waals surface area contributed by atoms with E-state index in [4.69, 9.17) is 11.6 Å². The van der Waals surface area contributed by atoms with Crippen LogP contribution in [0.4, 0.5) is 10.8 Å². The summed E-state index contributed by atoms with van der Waals surface area (Å²) in [6.07, 6.45) is 0.809. The van der Waals surface area contributed by atoms with Gasteiger partial charge in [-0.25, -0.2) is 0 Å². The third-order valence-corrected chi connectivity index (χ3v) is 4.18. The topological polar surface area (TPSA) is 66.9 Å². The van der Waals surface area contributed by atoms with Crippen molar-refractivity contribution < 1.29 is 4.79 Å². The summed E-state index contributed by atoms with van der Waals surface area (Å²) in [5.74, 6) is -0.159. The molecule has 1 amide bonds. The molecule has 0 saturated heterocycles. The van der Waals surface area contributed by atoms with Crippen LogP contribution in [-0.4, -0.2) is 22.1 Å². The minimum absolute atomic E-state index is 0.159. The maximum atomic E-state index is 12.1. The Kier molecular flexibility index (Phi) is 5.14. The van der Waals surface area contributed by atoms with Crippen LogP contribution in [0.2, 0.25) is 5.02 Å². The van der Waals surface area contributed by atoms with Gasteiger partial charge in [-0.05, 0) is 38.0 Å². The number of nitrogens with one attached hydrogen (secondary N) is 2. The van der Waals surface area contributed by atoms with Crippen molar-refractivity contribution in [3.05, 3.63) is 33.8 Å². The van der Waals surface area contributed by atoms with Crippen LogP contribution >= 0.6 is 22.9 Å². The van der Waals surface area contributed by atoms with Crippen molar-refractivity contribution in [1.82, 2.24) is 10.2 Å².